The highest BCUT2D eigenvalue weighted by molar-refractivity contribution is 5.75. The summed E-state index contributed by atoms with van der Waals surface area (Å²) in [5.74, 6) is 0.375. The van der Waals surface area contributed by atoms with Gasteiger partial charge in [-0.2, -0.15) is 4.98 Å². The van der Waals surface area contributed by atoms with Crippen molar-refractivity contribution < 1.29 is 9.53 Å². The minimum atomic E-state index is -0.395. The number of nitrogens with two attached hydrogens (primary N) is 1. The maximum Gasteiger partial charge on any atom is 0.332 e. The molecule has 1 aromatic carbocycles. The Balaban J connectivity index is 1.71. The van der Waals surface area contributed by atoms with Gasteiger partial charge in [-0.3, -0.25) is 18.7 Å². The molecule has 37 heavy (non-hydrogen) atoms. The Morgan fingerprint density at radius 2 is 1.86 bits per heavy atom. The standard InChI is InChI=1S/C27H36N6O4/c1-18(2)11-14-32-23-24(29-26(32)31-13-5-6-21(28)17-31)30(3)27(36)33(25(23)35)15-12-19-7-9-20(10-8-19)16-22(34)37-4/h7-11,21H,5-6,12-17,28H2,1-4H3. The fraction of sp³-hybridized carbons (Fsp3) is 0.481. The van der Waals surface area contributed by atoms with Gasteiger partial charge in [-0.1, -0.05) is 35.9 Å². The normalized spacial score (nSPS) is 15.7. The van der Waals surface area contributed by atoms with E-state index in [1.165, 1.54) is 16.2 Å². The lowest BCUT2D eigenvalue weighted by Gasteiger charge is -2.31. The molecule has 1 aliphatic heterocycles. The summed E-state index contributed by atoms with van der Waals surface area (Å²) < 4.78 is 9.38. The summed E-state index contributed by atoms with van der Waals surface area (Å²) in [6.45, 7) is 6.21. The first-order valence-electron chi connectivity index (χ1n) is 12.7. The molecule has 10 nitrogen and oxygen atoms in total. The van der Waals surface area contributed by atoms with Crippen LogP contribution in [0.2, 0.25) is 0 Å². The van der Waals surface area contributed by atoms with Crippen molar-refractivity contribution in [3.05, 3.63) is 67.9 Å². The average molecular weight is 509 g/mol. The highest BCUT2D eigenvalue weighted by Crippen LogP contribution is 2.23. The van der Waals surface area contributed by atoms with Gasteiger partial charge in [-0.25, -0.2) is 4.79 Å². The molecule has 3 heterocycles. The Kier molecular flexibility index (Phi) is 7.97. The van der Waals surface area contributed by atoms with Gasteiger partial charge in [-0.05, 0) is 44.2 Å². The number of carbonyl (C=O) groups excluding carboxylic acids is 1. The molecular weight excluding hydrogens is 472 g/mol. The molecule has 1 saturated heterocycles. The molecular formula is C27H36N6O4. The number of hydrogen-bond acceptors (Lipinski definition) is 7. The first-order valence-corrected chi connectivity index (χ1v) is 12.7. The van der Waals surface area contributed by atoms with E-state index in [1.807, 2.05) is 42.7 Å². The quantitative estimate of drug-likeness (QED) is 0.364. The van der Waals surface area contributed by atoms with Crippen molar-refractivity contribution in [1.29, 1.82) is 0 Å². The SMILES string of the molecule is COC(=O)Cc1ccc(CCn2c(=O)c3c(nc(N4CCCC(N)C4)n3CC=C(C)C)n(C)c2=O)cc1. The second-order valence-corrected chi connectivity index (χ2v) is 9.94. The van der Waals surface area contributed by atoms with Crippen LogP contribution in [0.25, 0.3) is 11.2 Å². The maximum absolute atomic E-state index is 13.7. The Bertz CT molecular complexity index is 1430. The molecule has 0 bridgehead atoms. The van der Waals surface area contributed by atoms with E-state index in [4.69, 9.17) is 15.5 Å². The van der Waals surface area contributed by atoms with Gasteiger partial charge in [0, 0.05) is 39.3 Å². The van der Waals surface area contributed by atoms with Gasteiger partial charge in [0.1, 0.15) is 0 Å². The number of rotatable bonds is 8. The number of piperidine rings is 1. The van der Waals surface area contributed by atoms with Crippen LogP contribution in [0, 0.1) is 0 Å². The number of hydrogen-bond donors (Lipinski definition) is 1. The second-order valence-electron chi connectivity index (χ2n) is 9.94. The third kappa shape index (κ3) is 5.69. The molecule has 1 fully saturated rings. The molecule has 1 aliphatic rings. The Morgan fingerprint density at radius 3 is 2.51 bits per heavy atom. The number of imidazole rings is 1. The van der Waals surface area contributed by atoms with Crippen LogP contribution < -0.4 is 21.9 Å². The molecule has 0 aliphatic carbocycles. The topological polar surface area (TPSA) is 117 Å². The van der Waals surface area contributed by atoms with Crippen molar-refractivity contribution in [2.24, 2.45) is 12.8 Å². The van der Waals surface area contributed by atoms with E-state index in [0.717, 1.165) is 36.1 Å². The van der Waals surface area contributed by atoms with Crippen LogP contribution in [0.3, 0.4) is 0 Å². The number of esters is 1. The summed E-state index contributed by atoms with van der Waals surface area (Å²) in [5, 5.41) is 0. The van der Waals surface area contributed by atoms with E-state index in [1.54, 1.807) is 7.05 Å². The molecule has 0 radical (unpaired) electrons. The third-order valence-electron chi connectivity index (χ3n) is 6.86. The van der Waals surface area contributed by atoms with Crippen LogP contribution >= 0.6 is 0 Å². The zero-order chi connectivity index (χ0) is 26.7. The maximum atomic E-state index is 13.7. The zero-order valence-electron chi connectivity index (χ0n) is 22.1. The highest BCUT2D eigenvalue weighted by Gasteiger charge is 2.26. The molecule has 2 aromatic heterocycles. The molecule has 1 atom stereocenters. The number of anilines is 1. The fourth-order valence-electron chi connectivity index (χ4n) is 4.74. The van der Waals surface area contributed by atoms with Crippen LogP contribution in [0.1, 0.15) is 37.8 Å². The minimum Gasteiger partial charge on any atom is -0.469 e. The van der Waals surface area contributed by atoms with Crippen molar-refractivity contribution in [2.45, 2.75) is 58.7 Å². The zero-order valence-corrected chi connectivity index (χ0v) is 22.1. The van der Waals surface area contributed by atoms with Gasteiger partial charge < -0.3 is 19.9 Å². The van der Waals surface area contributed by atoms with Gasteiger partial charge in [-0.15, -0.1) is 0 Å². The molecule has 10 heteroatoms. The minimum absolute atomic E-state index is 0.0463. The second kappa shape index (κ2) is 11.2. The van der Waals surface area contributed by atoms with Crippen molar-refractivity contribution >= 4 is 23.1 Å². The summed E-state index contributed by atoms with van der Waals surface area (Å²) in [7, 11) is 3.02. The Hall–Kier alpha value is -3.66. The molecule has 2 N–H and O–H groups in total. The summed E-state index contributed by atoms with van der Waals surface area (Å²) in [6.07, 6.45) is 4.66. The summed E-state index contributed by atoms with van der Waals surface area (Å²) in [4.78, 5) is 45.4. The lowest BCUT2D eigenvalue weighted by Crippen LogP contribution is -2.44. The number of benzene rings is 1. The van der Waals surface area contributed by atoms with Crippen LogP contribution in [0.4, 0.5) is 5.95 Å². The summed E-state index contributed by atoms with van der Waals surface area (Å²) >= 11 is 0. The smallest absolute Gasteiger partial charge is 0.332 e. The van der Waals surface area contributed by atoms with Crippen molar-refractivity contribution in [2.75, 3.05) is 25.1 Å². The van der Waals surface area contributed by atoms with Crippen LogP contribution in [-0.2, 0) is 42.5 Å². The summed E-state index contributed by atoms with van der Waals surface area (Å²) in [6, 6.07) is 7.58. The van der Waals surface area contributed by atoms with Gasteiger partial charge >= 0.3 is 11.7 Å². The molecule has 0 amide bonds. The average Bonchev–Trinajstić information content (AvgIpc) is 3.27. The van der Waals surface area contributed by atoms with Gasteiger partial charge in [0.15, 0.2) is 11.2 Å². The summed E-state index contributed by atoms with van der Waals surface area (Å²) in [5.41, 5.74) is 9.24. The number of allylic oxidation sites excluding steroid dienone is 2. The monoisotopic (exact) mass is 508 g/mol. The van der Waals surface area contributed by atoms with E-state index >= 15 is 0 Å². The molecule has 3 aromatic rings. The molecule has 1 unspecified atom stereocenters. The van der Waals surface area contributed by atoms with Crippen LogP contribution in [0.15, 0.2) is 45.5 Å². The van der Waals surface area contributed by atoms with E-state index < -0.39 is 5.69 Å². The molecule has 4 rings (SSSR count). The molecule has 198 valence electrons. The first-order chi connectivity index (χ1) is 17.7. The Morgan fingerprint density at radius 1 is 1.16 bits per heavy atom. The number of aryl methyl sites for hydroxylation is 2. The number of fused-ring (bicyclic) bond motifs is 1. The van der Waals surface area contributed by atoms with Gasteiger partial charge in [0.05, 0.1) is 13.5 Å². The predicted octanol–water partition coefficient (Wildman–Crippen LogP) is 1.75. The number of ether oxygens (including phenoxy) is 1. The highest BCUT2D eigenvalue weighted by atomic mass is 16.5. The number of methoxy groups -OCH3 is 1. The van der Waals surface area contributed by atoms with Crippen molar-refractivity contribution in [3.8, 4) is 0 Å². The largest absolute Gasteiger partial charge is 0.469 e. The van der Waals surface area contributed by atoms with E-state index in [9.17, 15) is 14.4 Å². The molecule has 0 saturated carbocycles. The van der Waals surface area contributed by atoms with E-state index in [0.29, 0.717) is 36.6 Å². The van der Waals surface area contributed by atoms with Crippen LogP contribution in [0.5, 0.6) is 0 Å². The number of nitrogens with zero attached hydrogens (tertiary/aromatic N) is 5. The molecule has 0 spiro atoms. The predicted molar refractivity (Wildman–Crippen MR) is 144 cm³/mol. The Labute approximate surface area is 216 Å². The van der Waals surface area contributed by atoms with Gasteiger partial charge in [0.2, 0.25) is 5.95 Å². The van der Waals surface area contributed by atoms with E-state index in [2.05, 4.69) is 11.0 Å². The first kappa shape index (κ1) is 26.4. The lowest BCUT2D eigenvalue weighted by atomic mass is 10.1. The van der Waals surface area contributed by atoms with Crippen molar-refractivity contribution in [3.63, 3.8) is 0 Å². The third-order valence-corrected chi connectivity index (χ3v) is 6.86. The number of carbonyl (C=O) groups is 1. The van der Waals surface area contributed by atoms with Crippen LogP contribution in [-0.4, -0.2) is 50.9 Å². The van der Waals surface area contributed by atoms with E-state index in [-0.39, 0.29) is 30.5 Å². The van der Waals surface area contributed by atoms with Gasteiger partial charge in [0.25, 0.3) is 5.56 Å². The fourth-order valence-corrected chi connectivity index (χ4v) is 4.74. The number of aromatic nitrogens is 4. The van der Waals surface area contributed by atoms with Crippen molar-refractivity contribution in [1.82, 2.24) is 18.7 Å². The lowest BCUT2D eigenvalue weighted by molar-refractivity contribution is -0.139.